The van der Waals surface area contributed by atoms with Crippen molar-refractivity contribution in [2.75, 3.05) is 11.4 Å². The monoisotopic (exact) mass is 417 g/mol. The molecule has 20 heavy (non-hydrogen) atoms. The Hall–Kier alpha value is -0.850. The predicted molar refractivity (Wildman–Crippen MR) is 88.6 cm³/mol. The quantitative estimate of drug-likeness (QED) is 0.743. The van der Waals surface area contributed by atoms with Crippen LogP contribution in [0.1, 0.15) is 5.56 Å². The zero-order valence-electron chi connectivity index (χ0n) is 11.0. The van der Waals surface area contributed by atoms with Crippen molar-refractivity contribution in [1.82, 2.24) is 0 Å². The summed E-state index contributed by atoms with van der Waals surface area (Å²) in [5, 5.41) is 0. The van der Waals surface area contributed by atoms with Gasteiger partial charge in [-0.2, -0.15) is 0 Å². The number of nitrogens with zero attached hydrogens (tertiary/aromatic N) is 1. The average Bonchev–Trinajstić information content (AvgIpc) is 2.41. The van der Waals surface area contributed by atoms with E-state index in [4.69, 9.17) is 0 Å². The van der Waals surface area contributed by atoms with Crippen LogP contribution < -0.4 is 4.31 Å². The molecule has 0 spiro atoms. The summed E-state index contributed by atoms with van der Waals surface area (Å²) in [5.74, 6) is 0. The molecular weight excluding hydrogens is 406 g/mol. The summed E-state index contributed by atoms with van der Waals surface area (Å²) < 4.78 is 28.0. The number of hydrogen-bond donors (Lipinski definition) is 0. The normalized spacial score (nSPS) is 11.4. The summed E-state index contributed by atoms with van der Waals surface area (Å²) in [6.45, 7) is 1.89. The van der Waals surface area contributed by atoms with Gasteiger partial charge in [0.15, 0.2) is 0 Å². The first-order valence-corrected chi connectivity index (χ1v) is 8.86. The third-order valence-corrected chi connectivity index (χ3v) is 6.24. The lowest BCUT2D eigenvalue weighted by Crippen LogP contribution is -2.27. The Bertz CT molecular complexity index is 745. The van der Waals surface area contributed by atoms with Crippen molar-refractivity contribution in [2.24, 2.45) is 0 Å². The summed E-state index contributed by atoms with van der Waals surface area (Å²) in [6.07, 6.45) is 0. The molecule has 0 saturated carbocycles. The van der Waals surface area contributed by atoms with Crippen LogP contribution in [0.25, 0.3) is 0 Å². The highest BCUT2D eigenvalue weighted by atomic mass is 79.9. The van der Waals surface area contributed by atoms with E-state index in [0.29, 0.717) is 10.2 Å². The third kappa shape index (κ3) is 2.92. The Morgan fingerprint density at radius 3 is 2.35 bits per heavy atom. The first-order chi connectivity index (χ1) is 9.34. The zero-order chi connectivity index (χ0) is 14.9. The Kier molecular flexibility index (Phi) is 4.56. The molecule has 3 nitrogen and oxygen atoms in total. The van der Waals surface area contributed by atoms with Gasteiger partial charge in [0, 0.05) is 16.0 Å². The smallest absolute Gasteiger partial charge is 0.265 e. The molecule has 0 unspecified atom stereocenters. The topological polar surface area (TPSA) is 37.4 Å². The van der Waals surface area contributed by atoms with Gasteiger partial charge in [-0.1, -0.05) is 34.1 Å². The standard InChI is InChI=1S/C14H13Br2NO2S/c1-10-5-3-4-6-13(10)17(2)20(18,19)14-9-11(15)7-8-12(14)16/h3-9H,1-2H3. The van der Waals surface area contributed by atoms with Crippen LogP contribution in [0.4, 0.5) is 5.69 Å². The van der Waals surface area contributed by atoms with E-state index in [0.717, 1.165) is 10.0 Å². The predicted octanol–water partition coefficient (Wildman–Crippen LogP) is 4.35. The molecule has 6 heteroatoms. The van der Waals surface area contributed by atoms with E-state index < -0.39 is 10.0 Å². The van der Waals surface area contributed by atoms with Gasteiger partial charge in [0.25, 0.3) is 10.0 Å². The van der Waals surface area contributed by atoms with E-state index in [1.165, 1.54) is 4.31 Å². The summed E-state index contributed by atoms with van der Waals surface area (Å²) in [5.41, 5.74) is 1.57. The van der Waals surface area contributed by atoms with Crippen molar-refractivity contribution in [3.05, 3.63) is 57.0 Å². The lowest BCUT2D eigenvalue weighted by atomic mass is 10.2. The van der Waals surface area contributed by atoms with Crippen LogP contribution in [-0.4, -0.2) is 15.5 Å². The van der Waals surface area contributed by atoms with Gasteiger partial charge in [-0.25, -0.2) is 8.42 Å². The Morgan fingerprint density at radius 1 is 1.05 bits per heavy atom. The van der Waals surface area contributed by atoms with Crippen LogP contribution in [-0.2, 0) is 10.0 Å². The molecule has 0 atom stereocenters. The van der Waals surface area contributed by atoms with Gasteiger partial charge < -0.3 is 0 Å². The fourth-order valence-corrected chi connectivity index (χ4v) is 4.59. The van der Waals surface area contributed by atoms with E-state index >= 15 is 0 Å². The van der Waals surface area contributed by atoms with Crippen molar-refractivity contribution in [3.63, 3.8) is 0 Å². The van der Waals surface area contributed by atoms with Gasteiger partial charge in [-0.05, 0) is 52.7 Å². The fraction of sp³-hybridized carbons (Fsp3) is 0.143. The molecule has 0 saturated heterocycles. The minimum absolute atomic E-state index is 0.234. The SMILES string of the molecule is Cc1ccccc1N(C)S(=O)(=O)c1cc(Br)ccc1Br. The number of halogens is 2. The molecular formula is C14H13Br2NO2S. The molecule has 2 aromatic rings. The summed E-state index contributed by atoms with van der Waals surface area (Å²) in [7, 11) is -2.05. The van der Waals surface area contributed by atoms with Gasteiger partial charge in [0.1, 0.15) is 4.90 Å². The molecule has 0 heterocycles. The third-order valence-electron chi connectivity index (χ3n) is 2.99. The maximum atomic E-state index is 12.7. The minimum Gasteiger partial charge on any atom is -0.269 e. The number of anilines is 1. The number of para-hydroxylation sites is 1. The number of rotatable bonds is 3. The molecule has 0 aliphatic rings. The molecule has 0 bridgehead atoms. The van der Waals surface area contributed by atoms with Crippen LogP contribution in [0.15, 0.2) is 56.3 Å². The summed E-state index contributed by atoms with van der Waals surface area (Å²) >= 11 is 6.60. The number of aryl methyl sites for hydroxylation is 1. The van der Waals surface area contributed by atoms with Crippen molar-refractivity contribution in [1.29, 1.82) is 0 Å². The molecule has 2 rings (SSSR count). The molecule has 106 valence electrons. The number of hydrogen-bond acceptors (Lipinski definition) is 2. The van der Waals surface area contributed by atoms with Crippen molar-refractivity contribution in [3.8, 4) is 0 Å². The van der Waals surface area contributed by atoms with Gasteiger partial charge in [-0.3, -0.25) is 4.31 Å². The van der Waals surface area contributed by atoms with Crippen LogP contribution in [0.3, 0.4) is 0 Å². The van der Waals surface area contributed by atoms with Gasteiger partial charge in [0.2, 0.25) is 0 Å². The maximum Gasteiger partial charge on any atom is 0.265 e. The van der Waals surface area contributed by atoms with Gasteiger partial charge >= 0.3 is 0 Å². The van der Waals surface area contributed by atoms with E-state index in [-0.39, 0.29) is 4.90 Å². The summed E-state index contributed by atoms with van der Waals surface area (Å²) in [4.78, 5) is 0.234. The Balaban J connectivity index is 2.56. The second kappa shape index (κ2) is 5.87. The molecule has 2 aromatic carbocycles. The lowest BCUT2D eigenvalue weighted by molar-refractivity contribution is 0.593. The molecule has 0 fully saturated rings. The van der Waals surface area contributed by atoms with Crippen LogP contribution in [0, 0.1) is 6.92 Å². The van der Waals surface area contributed by atoms with Gasteiger partial charge in [-0.15, -0.1) is 0 Å². The second-order valence-corrected chi connectivity index (χ2v) is 8.04. The van der Waals surface area contributed by atoms with Crippen molar-refractivity contribution >= 4 is 47.6 Å². The van der Waals surface area contributed by atoms with Crippen molar-refractivity contribution in [2.45, 2.75) is 11.8 Å². The van der Waals surface area contributed by atoms with E-state index in [1.54, 1.807) is 31.3 Å². The van der Waals surface area contributed by atoms with E-state index in [1.807, 2.05) is 25.1 Å². The zero-order valence-corrected chi connectivity index (χ0v) is 15.0. The molecule has 0 aliphatic carbocycles. The highest BCUT2D eigenvalue weighted by molar-refractivity contribution is 9.11. The van der Waals surface area contributed by atoms with Crippen molar-refractivity contribution < 1.29 is 8.42 Å². The molecule has 0 amide bonds. The Morgan fingerprint density at radius 2 is 1.70 bits per heavy atom. The average molecular weight is 419 g/mol. The second-order valence-electron chi connectivity index (χ2n) is 4.33. The highest BCUT2D eigenvalue weighted by Gasteiger charge is 2.24. The fourth-order valence-electron chi connectivity index (χ4n) is 1.87. The van der Waals surface area contributed by atoms with Crippen LogP contribution in [0.2, 0.25) is 0 Å². The highest BCUT2D eigenvalue weighted by Crippen LogP contribution is 2.31. The molecule has 0 aliphatic heterocycles. The molecule has 0 radical (unpaired) electrons. The first-order valence-electron chi connectivity index (χ1n) is 5.83. The maximum absolute atomic E-state index is 12.7. The van der Waals surface area contributed by atoms with E-state index in [9.17, 15) is 8.42 Å². The number of sulfonamides is 1. The van der Waals surface area contributed by atoms with Crippen LogP contribution in [0.5, 0.6) is 0 Å². The molecule has 0 aromatic heterocycles. The van der Waals surface area contributed by atoms with Crippen LogP contribution >= 0.6 is 31.9 Å². The minimum atomic E-state index is -3.61. The largest absolute Gasteiger partial charge is 0.269 e. The van der Waals surface area contributed by atoms with Gasteiger partial charge in [0.05, 0.1) is 5.69 Å². The summed E-state index contributed by atoms with van der Waals surface area (Å²) in [6, 6.07) is 12.5. The van der Waals surface area contributed by atoms with E-state index in [2.05, 4.69) is 31.9 Å². The molecule has 0 N–H and O–H groups in total. The first kappa shape index (κ1) is 15.5. The Labute approximate surface area is 135 Å². The number of benzene rings is 2. The lowest BCUT2D eigenvalue weighted by Gasteiger charge is -2.22.